The second-order valence-corrected chi connectivity index (χ2v) is 7.62. The number of thioether (sulfide) groups is 1. The van der Waals surface area contributed by atoms with Gasteiger partial charge in [0.1, 0.15) is 0 Å². The first kappa shape index (κ1) is 19.8. The van der Waals surface area contributed by atoms with Crippen LogP contribution in [0.2, 0.25) is 0 Å². The lowest BCUT2D eigenvalue weighted by Crippen LogP contribution is -2.37. The lowest BCUT2D eigenvalue weighted by Gasteiger charge is -2.18. The van der Waals surface area contributed by atoms with Crippen LogP contribution in [0, 0.1) is 26.7 Å². The van der Waals surface area contributed by atoms with Crippen LogP contribution in [0.25, 0.3) is 0 Å². The van der Waals surface area contributed by atoms with E-state index in [2.05, 4.69) is 32.2 Å². The van der Waals surface area contributed by atoms with Crippen molar-refractivity contribution in [1.29, 1.82) is 0 Å². The van der Waals surface area contributed by atoms with Crippen molar-refractivity contribution >= 4 is 23.5 Å². The predicted octanol–water partition coefficient (Wildman–Crippen LogP) is 4.21. The highest BCUT2D eigenvalue weighted by Crippen LogP contribution is 2.26. The van der Waals surface area contributed by atoms with E-state index in [1.165, 1.54) is 11.1 Å². The molecule has 0 saturated carbocycles. The number of aryl methyl sites for hydroxylation is 2. The standard InChI is InChI=1S/C19H29NO2S/c1-11(2)15(6)20-18(22)10-23-9-17-12(3)8-13(4)19(14(17)5)16(7)21/h8,11,15H,9-10H2,1-7H3,(H,20,22). The zero-order chi connectivity index (χ0) is 17.7. The number of carbonyl (C=O) groups is 2. The van der Waals surface area contributed by atoms with E-state index < -0.39 is 0 Å². The van der Waals surface area contributed by atoms with Gasteiger partial charge in [-0.15, -0.1) is 11.8 Å². The van der Waals surface area contributed by atoms with Crippen LogP contribution in [-0.2, 0) is 10.5 Å². The molecule has 1 N–H and O–H groups in total. The first-order valence-corrected chi connectivity index (χ1v) is 9.28. The van der Waals surface area contributed by atoms with Crippen LogP contribution < -0.4 is 5.32 Å². The number of ketones is 1. The average Bonchev–Trinajstić information content (AvgIpc) is 2.41. The summed E-state index contributed by atoms with van der Waals surface area (Å²) in [5, 5.41) is 3.02. The number of hydrogen-bond acceptors (Lipinski definition) is 3. The number of amides is 1. The van der Waals surface area contributed by atoms with Gasteiger partial charge in [0.05, 0.1) is 5.75 Å². The van der Waals surface area contributed by atoms with Crippen LogP contribution in [0.4, 0.5) is 0 Å². The molecule has 0 heterocycles. The third kappa shape index (κ3) is 5.38. The van der Waals surface area contributed by atoms with Gasteiger partial charge >= 0.3 is 0 Å². The zero-order valence-electron chi connectivity index (χ0n) is 15.4. The smallest absolute Gasteiger partial charge is 0.230 e. The van der Waals surface area contributed by atoms with E-state index in [1.54, 1.807) is 18.7 Å². The molecule has 1 rings (SSSR count). The molecule has 0 aliphatic heterocycles. The Labute approximate surface area is 144 Å². The van der Waals surface area contributed by atoms with Gasteiger partial charge in [-0.2, -0.15) is 0 Å². The third-order valence-corrected chi connectivity index (χ3v) is 5.31. The highest BCUT2D eigenvalue weighted by molar-refractivity contribution is 7.99. The van der Waals surface area contributed by atoms with Crippen LogP contribution in [0.1, 0.15) is 60.3 Å². The molecule has 0 bridgehead atoms. The van der Waals surface area contributed by atoms with Crippen molar-refractivity contribution < 1.29 is 9.59 Å². The predicted molar refractivity (Wildman–Crippen MR) is 99.3 cm³/mol. The molecule has 0 aliphatic rings. The van der Waals surface area contributed by atoms with Crippen molar-refractivity contribution in [3.63, 3.8) is 0 Å². The largest absolute Gasteiger partial charge is 0.353 e. The Morgan fingerprint density at radius 3 is 2.26 bits per heavy atom. The van der Waals surface area contributed by atoms with Gasteiger partial charge in [-0.3, -0.25) is 9.59 Å². The first-order chi connectivity index (χ1) is 10.6. The minimum absolute atomic E-state index is 0.0745. The summed E-state index contributed by atoms with van der Waals surface area (Å²) in [4.78, 5) is 23.8. The van der Waals surface area contributed by atoms with E-state index >= 15 is 0 Å². The molecule has 0 fully saturated rings. The van der Waals surface area contributed by atoms with E-state index in [0.717, 1.165) is 22.4 Å². The Hall–Kier alpha value is -1.29. The maximum Gasteiger partial charge on any atom is 0.230 e. The molecule has 0 aliphatic carbocycles. The highest BCUT2D eigenvalue weighted by atomic mass is 32.2. The summed E-state index contributed by atoms with van der Waals surface area (Å²) in [6.45, 7) is 13.9. The Morgan fingerprint density at radius 1 is 1.13 bits per heavy atom. The van der Waals surface area contributed by atoms with Crippen molar-refractivity contribution in [2.75, 3.05) is 5.75 Å². The Morgan fingerprint density at radius 2 is 1.74 bits per heavy atom. The minimum atomic E-state index is 0.0745. The summed E-state index contributed by atoms with van der Waals surface area (Å²) in [6, 6.07) is 2.26. The maximum absolute atomic E-state index is 12.0. The van der Waals surface area contributed by atoms with Crippen LogP contribution >= 0.6 is 11.8 Å². The molecular formula is C19H29NO2S. The summed E-state index contributed by atoms with van der Waals surface area (Å²) >= 11 is 1.60. The van der Waals surface area contributed by atoms with Crippen molar-refractivity contribution in [3.8, 4) is 0 Å². The van der Waals surface area contributed by atoms with Gasteiger partial charge in [0.2, 0.25) is 5.91 Å². The SMILES string of the molecule is CC(=O)c1c(C)cc(C)c(CSCC(=O)NC(C)C(C)C)c1C. The number of hydrogen-bond donors (Lipinski definition) is 1. The molecule has 1 amide bonds. The van der Waals surface area contributed by atoms with Crippen molar-refractivity contribution in [2.24, 2.45) is 5.92 Å². The Kier molecular flexibility index (Phi) is 7.33. The molecule has 1 aromatic rings. The number of nitrogens with one attached hydrogen (secondary N) is 1. The molecule has 0 aromatic heterocycles. The van der Waals surface area contributed by atoms with E-state index in [-0.39, 0.29) is 17.7 Å². The van der Waals surface area contributed by atoms with Crippen molar-refractivity contribution in [1.82, 2.24) is 5.32 Å². The van der Waals surface area contributed by atoms with E-state index in [1.807, 2.05) is 20.8 Å². The summed E-state index contributed by atoms with van der Waals surface area (Å²) in [5.41, 5.74) is 5.27. The molecule has 0 radical (unpaired) electrons. The first-order valence-electron chi connectivity index (χ1n) is 8.12. The van der Waals surface area contributed by atoms with E-state index in [0.29, 0.717) is 11.7 Å². The van der Waals surface area contributed by atoms with Crippen LogP contribution in [0.5, 0.6) is 0 Å². The summed E-state index contributed by atoms with van der Waals surface area (Å²) < 4.78 is 0. The average molecular weight is 336 g/mol. The second-order valence-electron chi connectivity index (χ2n) is 6.64. The van der Waals surface area contributed by atoms with Gasteiger partial charge < -0.3 is 5.32 Å². The van der Waals surface area contributed by atoms with Crippen molar-refractivity contribution in [3.05, 3.63) is 33.9 Å². The quantitative estimate of drug-likeness (QED) is 0.759. The fraction of sp³-hybridized carbons (Fsp3) is 0.579. The third-order valence-electron chi connectivity index (χ3n) is 4.35. The molecule has 23 heavy (non-hydrogen) atoms. The number of Topliss-reactive ketones (excluding diaryl/α,β-unsaturated/α-hetero) is 1. The van der Waals surface area contributed by atoms with Gasteiger partial charge in [-0.25, -0.2) is 0 Å². The maximum atomic E-state index is 12.0. The molecule has 3 nitrogen and oxygen atoms in total. The Balaban J connectivity index is 2.74. The molecule has 0 spiro atoms. The molecule has 1 atom stereocenters. The fourth-order valence-electron chi connectivity index (χ4n) is 2.70. The van der Waals surface area contributed by atoms with Crippen LogP contribution in [0.15, 0.2) is 6.07 Å². The topological polar surface area (TPSA) is 46.2 Å². The van der Waals surface area contributed by atoms with Gasteiger partial charge in [-0.1, -0.05) is 19.9 Å². The van der Waals surface area contributed by atoms with E-state index in [9.17, 15) is 9.59 Å². The molecule has 128 valence electrons. The zero-order valence-corrected chi connectivity index (χ0v) is 16.2. The molecule has 0 saturated heterocycles. The lowest BCUT2D eigenvalue weighted by atomic mass is 9.92. The monoisotopic (exact) mass is 335 g/mol. The second kappa shape index (κ2) is 8.53. The van der Waals surface area contributed by atoms with E-state index in [4.69, 9.17) is 0 Å². The Bertz CT molecular complexity index is 594. The summed E-state index contributed by atoms with van der Waals surface area (Å²) in [5.74, 6) is 1.81. The summed E-state index contributed by atoms with van der Waals surface area (Å²) in [6.07, 6.45) is 0. The van der Waals surface area contributed by atoms with Gasteiger partial charge in [-0.05, 0) is 62.8 Å². The summed E-state index contributed by atoms with van der Waals surface area (Å²) in [7, 11) is 0. The van der Waals surface area contributed by atoms with Gasteiger partial charge in [0.25, 0.3) is 0 Å². The molecular weight excluding hydrogens is 306 g/mol. The molecule has 1 unspecified atom stereocenters. The highest BCUT2D eigenvalue weighted by Gasteiger charge is 2.15. The lowest BCUT2D eigenvalue weighted by molar-refractivity contribution is -0.119. The molecule has 4 heteroatoms. The number of benzene rings is 1. The van der Waals surface area contributed by atoms with Crippen LogP contribution in [0.3, 0.4) is 0 Å². The van der Waals surface area contributed by atoms with Gasteiger partial charge in [0, 0.05) is 17.4 Å². The fourth-order valence-corrected chi connectivity index (χ4v) is 3.72. The van der Waals surface area contributed by atoms with Crippen LogP contribution in [-0.4, -0.2) is 23.5 Å². The number of carbonyl (C=O) groups excluding carboxylic acids is 2. The normalized spacial score (nSPS) is 12.3. The molecule has 1 aromatic carbocycles. The number of rotatable bonds is 7. The van der Waals surface area contributed by atoms with Gasteiger partial charge in [0.15, 0.2) is 5.78 Å². The van der Waals surface area contributed by atoms with Crippen molar-refractivity contribution in [2.45, 2.75) is 60.3 Å². The minimum Gasteiger partial charge on any atom is -0.353 e.